The lowest BCUT2D eigenvalue weighted by Gasteiger charge is -2.21. The number of hydrogen-bond acceptors (Lipinski definition) is 2. The lowest BCUT2D eigenvalue weighted by molar-refractivity contribution is 0.395. The molecule has 1 fully saturated rings. The second-order valence-corrected chi connectivity index (χ2v) is 3.80. The molecule has 66 valence electrons. The molecule has 0 spiro atoms. The van der Waals surface area contributed by atoms with Crippen LogP contribution in [0.15, 0.2) is 6.33 Å². The zero-order valence-electron chi connectivity index (χ0n) is 7.70. The van der Waals surface area contributed by atoms with E-state index in [9.17, 15) is 0 Å². The van der Waals surface area contributed by atoms with Crippen molar-refractivity contribution >= 4 is 0 Å². The summed E-state index contributed by atoms with van der Waals surface area (Å²) < 4.78 is 1.94. The Morgan fingerprint density at radius 1 is 1.50 bits per heavy atom. The molecule has 12 heavy (non-hydrogen) atoms. The molecule has 3 nitrogen and oxygen atoms in total. The molecule has 1 aromatic rings. The van der Waals surface area contributed by atoms with Gasteiger partial charge in [-0.25, -0.2) is 4.98 Å². The fourth-order valence-corrected chi connectivity index (χ4v) is 1.39. The predicted octanol–water partition coefficient (Wildman–Crippen LogP) is 2.13. The van der Waals surface area contributed by atoms with E-state index in [-0.39, 0.29) is 0 Å². The maximum absolute atomic E-state index is 4.44. The molecule has 1 saturated carbocycles. The molecular formula is C9H15N3. The second kappa shape index (κ2) is 2.88. The van der Waals surface area contributed by atoms with Crippen molar-refractivity contribution in [2.75, 3.05) is 0 Å². The van der Waals surface area contributed by atoms with E-state index in [1.807, 2.05) is 11.0 Å². The van der Waals surface area contributed by atoms with Gasteiger partial charge in [0.15, 0.2) is 5.82 Å². The Labute approximate surface area is 72.8 Å². The summed E-state index contributed by atoms with van der Waals surface area (Å²) in [4.78, 5) is 4.31. The van der Waals surface area contributed by atoms with Crippen molar-refractivity contribution < 1.29 is 0 Å². The molecule has 0 amide bonds. The monoisotopic (exact) mass is 165 g/mol. The Morgan fingerprint density at radius 3 is 2.67 bits per heavy atom. The summed E-state index contributed by atoms with van der Waals surface area (Å²) in [6.07, 6.45) is 5.75. The first-order chi connectivity index (χ1) is 5.77. The van der Waals surface area contributed by atoms with Crippen LogP contribution in [0.25, 0.3) is 0 Å². The molecule has 1 aromatic heterocycles. The van der Waals surface area contributed by atoms with Crippen LogP contribution in [0.3, 0.4) is 0 Å². The van der Waals surface area contributed by atoms with Crippen LogP contribution in [-0.4, -0.2) is 14.8 Å². The molecule has 0 bridgehead atoms. The van der Waals surface area contributed by atoms with Crippen molar-refractivity contribution in [1.29, 1.82) is 0 Å². The average Bonchev–Trinajstić information content (AvgIpc) is 2.32. The van der Waals surface area contributed by atoms with Crippen LogP contribution in [0.1, 0.15) is 50.9 Å². The third kappa shape index (κ3) is 1.24. The van der Waals surface area contributed by atoms with Gasteiger partial charge in [-0.05, 0) is 26.7 Å². The van der Waals surface area contributed by atoms with Crippen LogP contribution in [0.2, 0.25) is 0 Å². The third-order valence-corrected chi connectivity index (χ3v) is 2.53. The van der Waals surface area contributed by atoms with Gasteiger partial charge in [-0.3, -0.25) is 4.68 Å². The summed E-state index contributed by atoms with van der Waals surface area (Å²) in [6, 6.07) is 0.436. The molecule has 0 aliphatic heterocycles. The summed E-state index contributed by atoms with van der Waals surface area (Å²) in [6.45, 7) is 4.25. The highest BCUT2D eigenvalue weighted by Gasteiger charge is 2.23. The summed E-state index contributed by atoms with van der Waals surface area (Å²) in [5.41, 5.74) is 0. The van der Waals surface area contributed by atoms with Crippen LogP contribution in [0.4, 0.5) is 0 Å². The van der Waals surface area contributed by atoms with E-state index >= 15 is 0 Å². The zero-order chi connectivity index (χ0) is 8.55. The first kappa shape index (κ1) is 7.77. The van der Waals surface area contributed by atoms with Gasteiger partial charge in [-0.15, -0.1) is 0 Å². The minimum atomic E-state index is 0.436. The van der Waals surface area contributed by atoms with Gasteiger partial charge in [0.2, 0.25) is 0 Å². The first-order valence-electron chi connectivity index (χ1n) is 4.68. The molecule has 0 atom stereocenters. The van der Waals surface area contributed by atoms with Crippen LogP contribution < -0.4 is 0 Å². The highest BCUT2D eigenvalue weighted by molar-refractivity contribution is 4.98. The van der Waals surface area contributed by atoms with E-state index in [4.69, 9.17) is 0 Å². The van der Waals surface area contributed by atoms with Gasteiger partial charge in [-0.2, -0.15) is 5.10 Å². The number of hydrogen-bond donors (Lipinski definition) is 0. The molecule has 0 unspecified atom stereocenters. The summed E-state index contributed by atoms with van der Waals surface area (Å²) in [7, 11) is 0. The third-order valence-electron chi connectivity index (χ3n) is 2.53. The van der Waals surface area contributed by atoms with Crippen LogP contribution in [0.5, 0.6) is 0 Å². The van der Waals surface area contributed by atoms with Gasteiger partial charge in [0.1, 0.15) is 6.33 Å². The molecule has 1 aliphatic rings. The minimum absolute atomic E-state index is 0.436. The van der Waals surface area contributed by atoms with Crippen LogP contribution >= 0.6 is 0 Å². The first-order valence-corrected chi connectivity index (χ1v) is 4.68. The Bertz CT molecular complexity index is 260. The lowest BCUT2D eigenvalue weighted by atomic mass is 9.85. The van der Waals surface area contributed by atoms with E-state index < -0.39 is 0 Å². The van der Waals surface area contributed by atoms with E-state index in [1.54, 1.807) is 0 Å². The Morgan fingerprint density at radius 2 is 2.25 bits per heavy atom. The molecule has 2 rings (SSSR count). The highest BCUT2D eigenvalue weighted by atomic mass is 15.3. The topological polar surface area (TPSA) is 30.7 Å². The minimum Gasteiger partial charge on any atom is -0.250 e. The normalized spacial score (nSPS) is 18.2. The molecule has 1 heterocycles. The van der Waals surface area contributed by atoms with Gasteiger partial charge in [0.05, 0.1) is 0 Å². The van der Waals surface area contributed by atoms with Crippen molar-refractivity contribution in [2.45, 2.75) is 45.1 Å². The molecule has 3 heteroatoms. The van der Waals surface area contributed by atoms with Crippen molar-refractivity contribution in [2.24, 2.45) is 0 Å². The van der Waals surface area contributed by atoms with E-state index in [0.29, 0.717) is 12.0 Å². The maximum Gasteiger partial charge on any atom is 0.153 e. The fourth-order valence-electron chi connectivity index (χ4n) is 1.39. The molecular weight excluding hydrogens is 150 g/mol. The number of nitrogens with zero attached hydrogens (tertiary/aromatic N) is 3. The maximum atomic E-state index is 4.44. The number of aromatic nitrogens is 3. The molecule has 1 aliphatic carbocycles. The Balaban J connectivity index is 2.12. The predicted molar refractivity (Wildman–Crippen MR) is 47.0 cm³/mol. The molecule has 0 radical (unpaired) electrons. The summed E-state index contributed by atoms with van der Waals surface area (Å²) in [5.74, 6) is 1.71. The average molecular weight is 165 g/mol. The van der Waals surface area contributed by atoms with Gasteiger partial charge < -0.3 is 0 Å². The molecule has 0 aromatic carbocycles. The summed E-state index contributed by atoms with van der Waals surface area (Å²) in [5, 5.41) is 4.44. The summed E-state index contributed by atoms with van der Waals surface area (Å²) >= 11 is 0. The van der Waals surface area contributed by atoms with Gasteiger partial charge in [0, 0.05) is 12.0 Å². The highest BCUT2D eigenvalue weighted by Crippen LogP contribution is 2.34. The quantitative estimate of drug-likeness (QED) is 0.672. The van der Waals surface area contributed by atoms with Gasteiger partial charge in [0.25, 0.3) is 0 Å². The van der Waals surface area contributed by atoms with E-state index in [1.165, 1.54) is 19.3 Å². The van der Waals surface area contributed by atoms with Gasteiger partial charge >= 0.3 is 0 Å². The molecule has 0 N–H and O–H groups in total. The van der Waals surface area contributed by atoms with Crippen molar-refractivity contribution in [3.05, 3.63) is 12.2 Å². The van der Waals surface area contributed by atoms with Gasteiger partial charge in [-0.1, -0.05) is 6.42 Å². The van der Waals surface area contributed by atoms with Crippen molar-refractivity contribution in [3.63, 3.8) is 0 Å². The second-order valence-electron chi connectivity index (χ2n) is 3.80. The van der Waals surface area contributed by atoms with Crippen molar-refractivity contribution in [3.8, 4) is 0 Å². The largest absolute Gasteiger partial charge is 0.250 e. The van der Waals surface area contributed by atoms with Crippen LogP contribution in [0, 0.1) is 0 Å². The standard InChI is InChI=1S/C9H15N3/c1-7(2)12-6-10-9(11-12)8-4-3-5-8/h6-8H,3-5H2,1-2H3. The van der Waals surface area contributed by atoms with E-state index in [2.05, 4.69) is 23.9 Å². The van der Waals surface area contributed by atoms with Crippen molar-refractivity contribution in [1.82, 2.24) is 14.8 Å². The lowest BCUT2D eigenvalue weighted by Crippen LogP contribution is -2.11. The van der Waals surface area contributed by atoms with E-state index in [0.717, 1.165) is 5.82 Å². The fraction of sp³-hybridized carbons (Fsp3) is 0.778. The SMILES string of the molecule is CC(C)n1cnc(C2CCC2)n1. The Hall–Kier alpha value is -0.860. The molecule has 0 saturated heterocycles. The number of rotatable bonds is 2. The zero-order valence-corrected chi connectivity index (χ0v) is 7.70. The smallest absolute Gasteiger partial charge is 0.153 e. The Kier molecular flexibility index (Phi) is 1.87. The van der Waals surface area contributed by atoms with Crippen LogP contribution in [-0.2, 0) is 0 Å².